The van der Waals surface area contributed by atoms with Crippen molar-refractivity contribution >= 4 is 11.8 Å². The van der Waals surface area contributed by atoms with Crippen LogP contribution in [0.1, 0.15) is 5.56 Å². The summed E-state index contributed by atoms with van der Waals surface area (Å²) in [4.78, 5) is 1.10. The van der Waals surface area contributed by atoms with Crippen molar-refractivity contribution in [1.82, 2.24) is 0 Å². The van der Waals surface area contributed by atoms with Crippen LogP contribution in [0.4, 0.5) is 8.78 Å². The van der Waals surface area contributed by atoms with Crippen LogP contribution in [0, 0.1) is 11.6 Å². The quantitative estimate of drug-likeness (QED) is 0.900. The van der Waals surface area contributed by atoms with Crippen molar-refractivity contribution in [1.29, 1.82) is 0 Å². The highest BCUT2D eigenvalue weighted by atomic mass is 32.2. The van der Waals surface area contributed by atoms with Gasteiger partial charge in [-0.05, 0) is 23.8 Å². The van der Waals surface area contributed by atoms with Gasteiger partial charge < -0.3 is 5.11 Å². The zero-order valence-electron chi connectivity index (χ0n) is 8.86. The van der Waals surface area contributed by atoms with E-state index in [1.807, 2.05) is 6.07 Å². The second-order valence-corrected chi connectivity index (χ2v) is 4.53. The van der Waals surface area contributed by atoms with Crippen LogP contribution in [-0.2, 0) is 6.61 Å². The number of benzene rings is 2. The number of halogens is 2. The fraction of sp³-hybridized carbons (Fsp3) is 0.0769. The van der Waals surface area contributed by atoms with Crippen molar-refractivity contribution in [2.75, 3.05) is 0 Å². The maximum Gasteiger partial charge on any atom is 0.140 e. The number of rotatable bonds is 3. The van der Waals surface area contributed by atoms with Crippen LogP contribution in [0.25, 0.3) is 0 Å². The molecule has 0 bridgehead atoms. The fourth-order valence-electron chi connectivity index (χ4n) is 1.41. The van der Waals surface area contributed by atoms with Gasteiger partial charge in [-0.25, -0.2) is 8.78 Å². The molecule has 2 aromatic rings. The highest BCUT2D eigenvalue weighted by molar-refractivity contribution is 7.99. The molecule has 0 atom stereocenters. The summed E-state index contributed by atoms with van der Waals surface area (Å²) in [6.45, 7) is -0.105. The van der Waals surface area contributed by atoms with E-state index in [1.165, 1.54) is 23.9 Å². The monoisotopic (exact) mass is 252 g/mol. The maximum absolute atomic E-state index is 13.4. The second kappa shape index (κ2) is 5.29. The molecule has 1 nitrogen and oxygen atoms in total. The standard InChI is InChI=1S/C13H10F2OS/c14-10-5-6-13(11(15)7-10)17-12-4-2-1-3-9(12)8-16/h1-7,16H,8H2. The van der Waals surface area contributed by atoms with Gasteiger partial charge in [-0.15, -0.1) is 0 Å². The van der Waals surface area contributed by atoms with E-state index >= 15 is 0 Å². The summed E-state index contributed by atoms with van der Waals surface area (Å²) in [5, 5.41) is 9.14. The van der Waals surface area contributed by atoms with E-state index in [4.69, 9.17) is 5.11 Å². The number of aliphatic hydroxyl groups is 1. The number of hydrogen-bond donors (Lipinski definition) is 1. The second-order valence-electron chi connectivity index (χ2n) is 3.44. The average molecular weight is 252 g/mol. The third kappa shape index (κ3) is 2.84. The summed E-state index contributed by atoms with van der Waals surface area (Å²) < 4.78 is 26.2. The number of hydrogen-bond acceptors (Lipinski definition) is 2. The largest absolute Gasteiger partial charge is 0.392 e. The zero-order valence-corrected chi connectivity index (χ0v) is 9.68. The van der Waals surface area contributed by atoms with Gasteiger partial charge in [0.15, 0.2) is 0 Å². The Kier molecular flexibility index (Phi) is 3.76. The van der Waals surface area contributed by atoms with Gasteiger partial charge in [-0.1, -0.05) is 30.0 Å². The smallest absolute Gasteiger partial charge is 0.140 e. The van der Waals surface area contributed by atoms with Crippen LogP contribution < -0.4 is 0 Å². The molecule has 2 rings (SSSR count). The third-order valence-electron chi connectivity index (χ3n) is 2.26. The Bertz CT molecular complexity index is 529. The van der Waals surface area contributed by atoms with E-state index in [1.54, 1.807) is 18.2 Å². The molecular weight excluding hydrogens is 242 g/mol. The van der Waals surface area contributed by atoms with Gasteiger partial charge in [0.25, 0.3) is 0 Å². The molecule has 88 valence electrons. The van der Waals surface area contributed by atoms with Gasteiger partial charge in [0.05, 0.1) is 6.61 Å². The molecule has 4 heteroatoms. The lowest BCUT2D eigenvalue weighted by molar-refractivity contribution is 0.279. The third-order valence-corrected chi connectivity index (χ3v) is 3.43. The predicted octanol–water partition coefficient (Wildman–Crippen LogP) is 3.61. The summed E-state index contributed by atoms with van der Waals surface area (Å²) in [6.07, 6.45) is 0. The molecule has 0 spiro atoms. The molecule has 0 aliphatic rings. The molecule has 2 aromatic carbocycles. The summed E-state index contributed by atoms with van der Waals surface area (Å²) in [5.74, 6) is -1.19. The Hall–Kier alpha value is -1.39. The highest BCUT2D eigenvalue weighted by Crippen LogP contribution is 2.32. The van der Waals surface area contributed by atoms with E-state index in [0.29, 0.717) is 4.90 Å². The topological polar surface area (TPSA) is 20.2 Å². The first-order valence-electron chi connectivity index (χ1n) is 5.02. The summed E-state index contributed by atoms with van der Waals surface area (Å²) in [7, 11) is 0. The van der Waals surface area contributed by atoms with E-state index in [-0.39, 0.29) is 6.61 Å². The van der Waals surface area contributed by atoms with Crippen LogP contribution in [0.3, 0.4) is 0 Å². The Labute approximate surface area is 102 Å². The number of aliphatic hydroxyl groups excluding tert-OH is 1. The summed E-state index contributed by atoms with van der Waals surface area (Å²) in [6, 6.07) is 10.6. The maximum atomic E-state index is 13.4. The van der Waals surface area contributed by atoms with Crippen LogP contribution in [-0.4, -0.2) is 5.11 Å². The molecule has 0 aromatic heterocycles. The Morgan fingerprint density at radius 2 is 1.76 bits per heavy atom. The molecule has 1 N–H and O–H groups in total. The van der Waals surface area contributed by atoms with Gasteiger partial charge >= 0.3 is 0 Å². The van der Waals surface area contributed by atoms with Crippen molar-refractivity contribution in [3.05, 3.63) is 59.7 Å². The van der Waals surface area contributed by atoms with Crippen LogP contribution in [0.5, 0.6) is 0 Å². The molecule has 0 aliphatic heterocycles. The first kappa shape index (κ1) is 12.1. The van der Waals surface area contributed by atoms with Gasteiger partial charge in [0, 0.05) is 15.9 Å². The first-order chi connectivity index (χ1) is 8.20. The van der Waals surface area contributed by atoms with Crippen molar-refractivity contribution in [3.63, 3.8) is 0 Å². The Morgan fingerprint density at radius 3 is 2.47 bits per heavy atom. The van der Waals surface area contributed by atoms with E-state index in [2.05, 4.69) is 0 Å². The molecule has 0 saturated carbocycles. The lowest BCUT2D eigenvalue weighted by Crippen LogP contribution is -1.88. The molecule has 0 fully saturated rings. The summed E-state index contributed by atoms with van der Waals surface area (Å²) >= 11 is 1.17. The van der Waals surface area contributed by atoms with Crippen molar-refractivity contribution in [2.24, 2.45) is 0 Å². The molecule has 0 amide bonds. The minimum Gasteiger partial charge on any atom is -0.392 e. The average Bonchev–Trinajstić information content (AvgIpc) is 2.33. The Morgan fingerprint density at radius 1 is 1.00 bits per heavy atom. The van der Waals surface area contributed by atoms with Crippen molar-refractivity contribution in [3.8, 4) is 0 Å². The fourth-order valence-corrected chi connectivity index (χ4v) is 2.35. The van der Waals surface area contributed by atoms with Gasteiger partial charge in [0.1, 0.15) is 11.6 Å². The molecule has 0 heterocycles. The van der Waals surface area contributed by atoms with Gasteiger partial charge in [-0.3, -0.25) is 0 Å². The summed E-state index contributed by atoms with van der Waals surface area (Å²) in [5.41, 5.74) is 0.723. The molecular formula is C13H10F2OS. The van der Waals surface area contributed by atoms with Crippen LogP contribution in [0.2, 0.25) is 0 Å². The SMILES string of the molecule is OCc1ccccc1Sc1ccc(F)cc1F. The predicted molar refractivity (Wildman–Crippen MR) is 62.8 cm³/mol. The first-order valence-corrected chi connectivity index (χ1v) is 5.84. The zero-order chi connectivity index (χ0) is 12.3. The van der Waals surface area contributed by atoms with Crippen molar-refractivity contribution in [2.45, 2.75) is 16.4 Å². The highest BCUT2D eigenvalue weighted by Gasteiger charge is 2.08. The molecule has 0 radical (unpaired) electrons. The van der Waals surface area contributed by atoms with E-state index in [0.717, 1.165) is 16.5 Å². The van der Waals surface area contributed by atoms with Crippen LogP contribution in [0.15, 0.2) is 52.3 Å². The van der Waals surface area contributed by atoms with E-state index < -0.39 is 11.6 Å². The molecule has 0 aliphatic carbocycles. The molecule has 0 saturated heterocycles. The minimum absolute atomic E-state index is 0.105. The minimum atomic E-state index is -0.595. The van der Waals surface area contributed by atoms with Gasteiger partial charge in [-0.2, -0.15) is 0 Å². The van der Waals surface area contributed by atoms with Crippen molar-refractivity contribution < 1.29 is 13.9 Å². The van der Waals surface area contributed by atoms with E-state index in [9.17, 15) is 8.78 Å². The molecule has 17 heavy (non-hydrogen) atoms. The normalized spacial score (nSPS) is 10.5. The van der Waals surface area contributed by atoms with Crippen LogP contribution >= 0.6 is 11.8 Å². The Balaban J connectivity index is 2.31. The molecule has 0 unspecified atom stereocenters. The lowest BCUT2D eigenvalue weighted by atomic mass is 10.2. The lowest BCUT2D eigenvalue weighted by Gasteiger charge is -2.07. The van der Waals surface area contributed by atoms with Gasteiger partial charge in [0.2, 0.25) is 0 Å².